The summed E-state index contributed by atoms with van der Waals surface area (Å²) in [6.45, 7) is 5.18. The molecule has 10 nitrogen and oxygen atoms in total. The van der Waals surface area contributed by atoms with Crippen LogP contribution in [0.1, 0.15) is 46.5 Å². The third-order valence-corrected chi connectivity index (χ3v) is 5.46. The van der Waals surface area contributed by atoms with Gasteiger partial charge in [0.2, 0.25) is 11.8 Å². The molecular formula is C19H28N2O8. The summed E-state index contributed by atoms with van der Waals surface area (Å²) in [7, 11) is 0. The summed E-state index contributed by atoms with van der Waals surface area (Å²) in [6.07, 6.45) is -0.266. The van der Waals surface area contributed by atoms with Crippen molar-refractivity contribution in [1.29, 1.82) is 0 Å². The third kappa shape index (κ3) is 5.24. The van der Waals surface area contributed by atoms with Gasteiger partial charge in [-0.2, -0.15) is 0 Å². The van der Waals surface area contributed by atoms with E-state index in [2.05, 4.69) is 0 Å². The number of hydrogen-bond acceptors (Lipinski definition) is 5. The van der Waals surface area contributed by atoms with Crippen LogP contribution in [-0.4, -0.2) is 80.0 Å². The highest BCUT2D eigenvalue weighted by atomic mass is 16.4. The Labute approximate surface area is 168 Å². The second-order valence-electron chi connectivity index (χ2n) is 8.97. The Kier molecular flexibility index (Phi) is 6.54. The van der Waals surface area contributed by atoms with Gasteiger partial charge in [-0.25, -0.2) is 4.79 Å². The molecule has 0 unspecified atom stereocenters. The van der Waals surface area contributed by atoms with Crippen molar-refractivity contribution in [3.8, 4) is 0 Å². The van der Waals surface area contributed by atoms with Gasteiger partial charge < -0.3 is 25.1 Å². The molecule has 0 spiro atoms. The first-order valence-electron chi connectivity index (χ1n) is 9.59. The monoisotopic (exact) mass is 412 g/mol. The van der Waals surface area contributed by atoms with Gasteiger partial charge in [-0.3, -0.25) is 19.2 Å². The first kappa shape index (κ1) is 22.6. The lowest BCUT2D eigenvalue weighted by molar-refractivity contribution is -0.153. The highest BCUT2D eigenvalue weighted by molar-refractivity contribution is 5.93. The lowest BCUT2D eigenvalue weighted by atomic mass is 9.94. The van der Waals surface area contributed by atoms with Crippen LogP contribution in [0, 0.1) is 17.3 Å². The maximum Gasteiger partial charge on any atom is 0.326 e. The summed E-state index contributed by atoms with van der Waals surface area (Å²) >= 11 is 0. The largest absolute Gasteiger partial charge is 0.481 e. The lowest BCUT2D eigenvalue weighted by Crippen LogP contribution is -2.52. The average molecular weight is 412 g/mol. The molecule has 0 aliphatic carbocycles. The van der Waals surface area contributed by atoms with E-state index in [0.717, 1.165) is 4.90 Å². The zero-order valence-electron chi connectivity index (χ0n) is 16.8. The van der Waals surface area contributed by atoms with E-state index in [-0.39, 0.29) is 44.7 Å². The molecule has 2 heterocycles. The molecule has 2 aliphatic rings. The summed E-state index contributed by atoms with van der Waals surface area (Å²) in [6, 6.07) is -2.10. The molecule has 2 aliphatic heterocycles. The Morgan fingerprint density at radius 1 is 0.793 bits per heavy atom. The number of rotatable bonds is 6. The third-order valence-electron chi connectivity index (χ3n) is 5.46. The number of likely N-dealkylation sites (tertiary alicyclic amines) is 2. The van der Waals surface area contributed by atoms with Crippen LogP contribution in [0.3, 0.4) is 0 Å². The van der Waals surface area contributed by atoms with Crippen molar-refractivity contribution >= 4 is 29.7 Å². The van der Waals surface area contributed by atoms with Crippen LogP contribution in [0.4, 0.5) is 0 Å². The van der Waals surface area contributed by atoms with E-state index in [0.29, 0.717) is 0 Å². The summed E-state index contributed by atoms with van der Waals surface area (Å²) in [5.74, 6) is -5.08. The fraction of sp³-hybridized carbons (Fsp3) is 0.737. The summed E-state index contributed by atoms with van der Waals surface area (Å²) in [4.78, 5) is 62.4. The summed E-state index contributed by atoms with van der Waals surface area (Å²) in [5, 5.41) is 27.6. The van der Waals surface area contributed by atoms with Crippen LogP contribution in [0.25, 0.3) is 0 Å². The van der Waals surface area contributed by atoms with Crippen LogP contribution in [0.15, 0.2) is 0 Å². The van der Waals surface area contributed by atoms with Crippen molar-refractivity contribution in [3.63, 3.8) is 0 Å². The smallest absolute Gasteiger partial charge is 0.326 e. The Balaban J connectivity index is 2.28. The minimum atomic E-state index is -1.22. The van der Waals surface area contributed by atoms with Crippen molar-refractivity contribution in [3.05, 3.63) is 0 Å². The van der Waals surface area contributed by atoms with Crippen molar-refractivity contribution in [2.45, 2.75) is 58.5 Å². The molecular weight excluding hydrogens is 384 g/mol. The second-order valence-corrected chi connectivity index (χ2v) is 8.97. The number of amides is 2. The number of hydrogen-bond donors (Lipinski definition) is 3. The maximum absolute atomic E-state index is 13.2. The molecule has 2 fully saturated rings. The van der Waals surface area contributed by atoms with E-state index in [9.17, 15) is 29.1 Å². The van der Waals surface area contributed by atoms with E-state index < -0.39 is 53.1 Å². The Hall–Kier alpha value is -2.65. The van der Waals surface area contributed by atoms with E-state index in [1.807, 2.05) is 0 Å². The molecule has 3 N–H and O–H groups in total. The molecule has 2 rings (SSSR count). The van der Waals surface area contributed by atoms with Gasteiger partial charge >= 0.3 is 17.9 Å². The highest BCUT2D eigenvalue weighted by Gasteiger charge is 2.48. The minimum absolute atomic E-state index is 0.0141. The number of aliphatic carboxylic acids is 3. The zero-order chi connectivity index (χ0) is 22.1. The summed E-state index contributed by atoms with van der Waals surface area (Å²) in [5.41, 5.74) is -0.792. The predicted octanol–water partition coefficient (Wildman–Crippen LogP) is 0.501. The van der Waals surface area contributed by atoms with Crippen molar-refractivity contribution in [1.82, 2.24) is 9.80 Å². The molecule has 0 aromatic heterocycles. The fourth-order valence-corrected chi connectivity index (χ4v) is 4.19. The summed E-state index contributed by atoms with van der Waals surface area (Å²) < 4.78 is 0. The predicted molar refractivity (Wildman–Crippen MR) is 98.8 cm³/mol. The van der Waals surface area contributed by atoms with Crippen LogP contribution < -0.4 is 0 Å². The van der Waals surface area contributed by atoms with E-state index in [4.69, 9.17) is 10.2 Å². The molecule has 2 amide bonds. The number of carboxylic acid groups (broad SMARTS) is 3. The van der Waals surface area contributed by atoms with Gasteiger partial charge in [0.25, 0.3) is 0 Å². The second kappa shape index (κ2) is 8.38. The Morgan fingerprint density at radius 3 is 1.66 bits per heavy atom. The maximum atomic E-state index is 13.2. The van der Waals surface area contributed by atoms with Gasteiger partial charge in [0, 0.05) is 31.3 Å². The first-order chi connectivity index (χ1) is 13.3. The van der Waals surface area contributed by atoms with Gasteiger partial charge in [-0.1, -0.05) is 20.8 Å². The van der Waals surface area contributed by atoms with Crippen LogP contribution in [0.2, 0.25) is 0 Å². The first-order valence-corrected chi connectivity index (χ1v) is 9.59. The number of carbonyl (C=O) groups is 5. The topological polar surface area (TPSA) is 153 Å². The van der Waals surface area contributed by atoms with E-state index >= 15 is 0 Å². The molecule has 0 radical (unpaired) electrons. The fourth-order valence-electron chi connectivity index (χ4n) is 4.19. The minimum Gasteiger partial charge on any atom is -0.481 e. The van der Waals surface area contributed by atoms with Gasteiger partial charge in [-0.15, -0.1) is 0 Å². The van der Waals surface area contributed by atoms with E-state index in [1.165, 1.54) is 4.90 Å². The quantitative estimate of drug-likeness (QED) is 0.570. The number of nitrogens with zero attached hydrogens (tertiary/aromatic N) is 2. The number of carbonyl (C=O) groups excluding carboxylic acids is 2. The molecule has 0 saturated carbocycles. The molecule has 29 heavy (non-hydrogen) atoms. The SMILES string of the molecule is CC(C)(C)C(=O)N1C[C@H](CC(=O)O)C[C@H]1C(=O)N1C[C@H](CC(=O)O)C[C@H]1C(=O)O. The Morgan fingerprint density at radius 2 is 1.24 bits per heavy atom. The van der Waals surface area contributed by atoms with Crippen LogP contribution in [-0.2, 0) is 24.0 Å². The van der Waals surface area contributed by atoms with Crippen LogP contribution >= 0.6 is 0 Å². The zero-order valence-corrected chi connectivity index (χ0v) is 16.8. The van der Waals surface area contributed by atoms with Crippen molar-refractivity contribution in [2.24, 2.45) is 17.3 Å². The molecule has 10 heteroatoms. The van der Waals surface area contributed by atoms with Gasteiger partial charge in [-0.05, 0) is 24.7 Å². The normalized spacial score (nSPS) is 27.1. The molecule has 0 aromatic carbocycles. The van der Waals surface area contributed by atoms with Crippen LogP contribution in [0.5, 0.6) is 0 Å². The molecule has 162 valence electrons. The highest BCUT2D eigenvalue weighted by Crippen LogP contribution is 2.34. The standard InChI is InChI=1S/C19H28N2O8/c1-19(2,3)18(29)21-9-10(6-14(22)23)4-12(21)16(26)20-8-11(7-15(24)25)5-13(20)17(27)28/h10-13H,4-9H2,1-3H3,(H,22,23)(H,24,25)(H,27,28)/t10-,11-,12-,13-/m0/s1. The lowest BCUT2D eigenvalue weighted by Gasteiger charge is -2.33. The van der Waals surface area contributed by atoms with E-state index in [1.54, 1.807) is 20.8 Å². The van der Waals surface area contributed by atoms with Gasteiger partial charge in [0.15, 0.2) is 0 Å². The number of carboxylic acids is 3. The van der Waals surface area contributed by atoms with Crippen molar-refractivity contribution < 1.29 is 39.3 Å². The molecule has 4 atom stereocenters. The van der Waals surface area contributed by atoms with Gasteiger partial charge in [0.1, 0.15) is 12.1 Å². The molecule has 2 saturated heterocycles. The molecule has 0 aromatic rings. The van der Waals surface area contributed by atoms with Gasteiger partial charge in [0.05, 0.1) is 0 Å². The average Bonchev–Trinajstić information content (AvgIpc) is 3.15. The molecule has 0 bridgehead atoms. The van der Waals surface area contributed by atoms with Crippen molar-refractivity contribution in [2.75, 3.05) is 13.1 Å². The Bertz CT molecular complexity index is 713.